The molecule has 27 heavy (non-hydrogen) atoms. The summed E-state index contributed by atoms with van der Waals surface area (Å²) in [5.41, 5.74) is 3.70. The second kappa shape index (κ2) is 8.91. The van der Waals surface area contributed by atoms with E-state index in [0.29, 0.717) is 18.9 Å². The van der Waals surface area contributed by atoms with Gasteiger partial charge < -0.3 is 14.8 Å². The zero-order valence-electron chi connectivity index (χ0n) is 16.3. The van der Waals surface area contributed by atoms with E-state index in [4.69, 9.17) is 9.47 Å². The first-order valence-corrected chi connectivity index (χ1v) is 9.50. The van der Waals surface area contributed by atoms with Crippen LogP contribution in [0.3, 0.4) is 0 Å². The van der Waals surface area contributed by atoms with Crippen molar-refractivity contribution in [2.45, 2.75) is 39.4 Å². The van der Waals surface area contributed by atoms with Crippen LogP contribution in [-0.2, 0) is 24.3 Å². The van der Waals surface area contributed by atoms with Gasteiger partial charge in [0, 0.05) is 19.6 Å². The molecule has 3 rings (SSSR count). The number of hydrogen-bond acceptors (Lipinski definition) is 4. The van der Waals surface area contributed by atoms with Crippen molar-refractivity contribution < 1.29 is 14.3 Å². The predicted molar refractivity (Wildman–Crippen MR) is 106 cm³/mol. The summed E-state index contributed by atoms with van der Waals surface area (Å²) < 4.78 is 10.9. The maximum atomic E-state index is 12.6. The van der Waals surface area contributed by atoms with E-state index in [9.17, 15) is 4.79 Å². The topological polar surface area (TPSA) is 50.8 Å². The number of nitrogens with one attached hydrogen (secondary N) is 1. The zero-order chi connectivity index (χ0) is 19.2. The van der Waals surface area contributed by atoms with Gasteiger partial charge >= 0.3 is 0 Å². The Labute approximate surface area is 161 Å². The summed E-state index contributed by atoms with van der Waals surface area (Å²) in [5.74, 6) is 1.45. The molecule has 0 radical (unpaired) electrons. The molecule has 0 saturated heterocycles. The Bertz CT molecular complexity index is 791. The standard InChI is InChI=1S/C22H28N2O3/c1-4-27-20-10-9-17(13-21(20)26-3)14-23-22(25)16(2)24-12-11-18-7-5-6-8-19(18)15-24/h5-10,13,16H,4,11-12,14-15H2,1-3H3,(H,23,25). The number of fused-ring (bicyclic) bond motifs is 1. The zero-order valence-corrected chi connectivity index (χ0v) is 16.3. The third kappa shape index (κ3) is 4.61. The van der Waals surface area contributed by atoms with Crippen LogP contribution < -0.4 is 14.8 Å². The van der Waals surface area contributed by atoms with E-state index >= 15 is 0 Å². The van der Waals surface area contributed by atoms with Crippen molar-refractivity contribution in [2.75, 3.05) is 20.3 Å². The summed E-state index contributed by atoms with van der Waals surface area (Å²) in [6.45, 7) is 6.69. The van der Waals surface area contributed by atoms with Gasteiger partial charge in [-0.1, -0.05) is 30.3 Å². The second-order valence-corrected chi connectivity index (χ2v) is 6.80. The average Bonchev–Trinajstić information content (AvgIpc) is 2.72. The molecule has 5 nitrogen and oxygen atoms in total. The van der Waals surface area contributed by atoms with Gasteiger partial charge in [-0.15, -0.1) is 0 Å². The number of hydrogen-bond donors (Lipinski definition) is 1. The summed E-state index contributed by atoms with van der Waals surface area (Å²) >= 11 is 0. The average molecular weight is 368 g/mol. The number of nitrogens with zero attached hydrogens (tertiary/aromatic N) is 1. The normalized spacial score (nSPS) is 14.9. The van der Waals surface area contributed by atoms with Gasteiger partial charge in [-0.25, -0.2) is 0 Å². The SMILES string of the molecule is CCOc1ccc(CNC(=O)C(C)N2CCc3ccccc3C2)cc1OC. The molecule has 1 unspecified atom stereocenters. The van der Waals surface area contributed by atoms with Crippen LogP contribution in [0.2, 0.25) is 0 Å². The summed E-state index contributed by atoms with van der Waals surface area (Å²) in [4.78, 5) is 14.9. The van der Waals surface area contributed by atoms with Crippen LogP contribution >= 0.6 is 0 Å². The highest BCUT2D eigenvalue weighted by Gasteiger charge is 2.25. The van der Waals surface area contributed by atoms with E-state index in [1.807, 2.05) is 32.0 Å². The number of methoxy groups -OCH3 is 1. The highest BCUT2D eigenvalue weighted by Crippen LogP contribution is 2.28. The van der Waals surface area contributed by atoms with Crippen LogP contribution in [-0.4, -0.2) is 37.1 Å². The van der Waals surface area contributed by atoms with Crippen LogP contribution in [0.1, 0.15) is 30.5 Å². The minimum Gasteiger partial charge on any atom is -0.493 e. The largest absolute Gasteiger partial charge is 0.493 e. The van der Waals surface area contributed by atoms with Gasteiger partial charge in [0.2, 0.25) is 5.91 Å². The van der Waals surface area contributed by atoms with E-state index in [-0.39, 0.29) is 11.9 Å². The lowest BCUT2D eigenvalue weighted by Crippen LogP contribution is -2.46. The molecular formula is C22H28N2O3. The lowest BCUT2D eigenvalue weighted by molar-refractivity contribution is -0.126. The minimum absolute atomic E-state index is 0.0437. The summed E-state index contributed by atoms with van der Waals surface area (Å²) in [6.07, 6.45) is 0.990. The molecule has 1 N–H and O–H groups in total. The van der Waals surface area contributed by atoms with Crippen molar-refractivity contribution >= 4 is 5.91 Å². The summed E-state index contributed by atoms with van der Waals surface area (Å²) in [7, 11) is 1.62. The Morgan fingerprint density at radius 3 is 2.70 bits per heavy atom. The Morgan fingerprint density at radius 2 is 1.96 bits per heavy atom. The number of ether oxygens (including phenoxy) is 2. The maximum absolute atomic E-state index is 12.6. The molecule has 0 aliphatic carbocycles. The fourth-order valence-electron chi connectivity index (χ4n) is 3.45. The van der Waals surface area contributed by atoms with E-state index in [1.165, 1.54) is 11.1 Å². The van der Waals surface area contributed by atoms with Gasteiger partial charge in [0.05, 0.1) is 19.8 Å². The molecule has 1 aliphatic rings. The maximum Gasteiger partial charge on any atom is 0.237 e. The molecule has 1 atom stereocenters. The van der Waals surface area contributed by atoms with Crippen LogP contribution in [0.4, 0.5) is 0 Å². The van der Waals surface area contributed by atoms with Crippen molar-refractivity contribution in [3.8, 4) is 11.5 Å². The molecule has 0 fully saturated rings. The van der Waals surface area contributed by atoms with E-state index < -0.39 is 0 Å². The van der Waals surface area contributed by atoms with Gasteiger partial charge in [-0.2, -0.15) is 0 Å². The fourth-order valence-corrected chi connectivity index (χ4v) is 3.45. The van der Waals surface area contributed by atoms with Crippen LogP contribution in [0.25, 0.3) is 0 Å². The van der Waals surface area contributed by atoms with Gasteiger partial charge in [0.15, 0.2) is 11.5 Å². The van der Waals surface area contributed by atoms with Crippen molar-refractivity contribution in [1.29, 1.82) is 0 Å². The van der Waals surface area contributed by atoms with Crippen molar-refractivity contribution in [2.24, 2.45) is 0 Å². The van der Waals surface area contributed by atoms with Crippen molar-refractivity contribution in [1.82, 2.24) is 10.2 Å². The van der Waals surface area contributed by atoms with E-state index in [1.54, 1.807) is 7.11 Å². The van der Waals surface area contributed by atoms with E-state index in [2.05, 4.69) is 34.5 Å². The number of benzene rings is 2. The highest BCUT2D eigenvalue weighted by molar-refractivity contribution is 5.81. The molecule has 1 aliphatic heterocycles. The lowest BCUT2D eigenvalue weighted by Gasteiger charge is -2.32. The first-order chi connectivity index (χ1) is 13.1. The number of rotatable bonds is 7. The highest BCUT2D eigenvalue weighted by atomic mass is 16.5. The molecule has 0 aromatic heterocycles. The Morgan fingerprint density at radius 1 is 1.19 bits per heavy atom. The van der Waals surface area contributed by atoms with Crippen LogP contribution in [0.5, 0.6) is 11.5 Å². The smallest absolute Gasteiger partial charge is 0.237 e. The Kier molecular flexibility index (Phi) is 6.35. The first kappa shape index (κ1) is 19.2. The van der Waals surface area contributed by atoms with Crippen molar-refractivity contribution in [3.05, 3.63) is 59.2 Å². The Balaban J connectivity index is 1.58. The molecule has 0 bridgehead atoms. The lowest BCUT2D eigenvalue weighted by atomic mass is 9.99. The Hall–Kier alpha value is -2.53. The molecule has 2 aromatic carbocycles. The third-order valence-electron chi connectivity index (χ3n) is 5.08. The molecule has 5 heteroatoms. The number of carbonyl (C=O) groups is 1. The van der Waals surface area contributed by atoms with Gasteiger partial charge in [0.25, 0.3) is 0 Å². The molecule has 1 amide bonds. The van der Waals surface area contributed by atoms with Crippen LogP contribution in [0, 0.1) is 0 Å². The van der Waals surface area contributed by atoms with Gasteiger partial charge in [-0.05, 0) is 49.1 Å². The number of amides is 1. The molecule has 2 aromatic rings. The third-order valence-corrected chi connectivity index (χ3v) is 5.08. The molecule has 0 saturated carbocycles. The molecular weight excluding hydrogens is 340 g/mol. The second-order valence-electron chi connectivity index (χ2n) is 6.80. The number of carbonyl (C=O) groups excluding carboxylic acids is 1. The minimum atomic E-state index is -0.164. The monoisotopic (exact) mass is 368 g/mol. The molecule has 1 heterocycles. The van der Waals surface area contributed by atoms with Gasteiger partial charge in [-0.3, -0.25) is 9.69 Å². The molecule has 144 valence electrons. The predicted octanol–water partition coefficient (Wildman–Crippen LogP) is 3.16. The fraction of sp³-hybridized carbons (Fsp3) is 0.409. The van der Waals surface area contributed by atoms with Gasteiger partial charge in [0.1, 0.15) is 0 Å². The van der Waals surface area contributed by atoms with Crippen molar-refractivity contribution in [3.63, 3.8) is 0 Å². The quantitative estimate of drug-likeness (QED) is 0.816. The summed E-state index contributed by atoms with van der Waals surface area (Å²) in [5, 5.41) is 3.05. The first-order valence-electron chi connectivity index (χ1n) is 9.50. The van der Waals surface area contributed by atoms with E-state index in [0.717, 1.165) is 30.8 Å². The summed E-state index contributed by atoms with van der Waals surface area (Å²) in [6, 6.07) is 14.1. The van der Waals surface area contributed by atoms with Crippen LogP contribution in [0.15, 0.2) is 42.5 Å². The molecule has 0 spiro atoms.